The molecule has 0 aromatic heterocycles. The first kappa shape index (κ1) is 18.1. The van der Waals surface area contributed by atoms with E-state index in [1.54, 1.807) is 6.07 Å². The minimum Gasteiger partial charge on any atom is -0.486 e. The van der Waals surface area contributed by atoms with E-state index in [0.29, 0.717) is 30.5 Å². The molecule has 2 aromatic rings. The molecular formula is C17H15N3O7S. The molecule has 2 amide bonds. The fourth-order valence-electron chi connectivity index (χ4n) is 2.66. The van der Waals surface area contributed by atoms with Gasteiger partial charge in [-0.3, -0.25) is 15.0 Å². The molecule has 0 spiro atoms. The minimum absolute atomic E-state index is 0.136. The number of amides is 2. The lowest BCUT2D eigenvalue weighted by Crippen LogP contribution is -2.41. The van der Waals surface area contributed by atoms with Gasteiger partial charge in [-0.25, -0.2) is 8.42 Å². The summed E-state index contributed by atoms with van der Waals surface area (Å²) in [5.41, 5.74) is 2.57. The summed E-state index contributed by atoms with van der Waals surface area (Å²) in [5.74, 6) is 0.227. The van der Waals surface area contributed by atoms with Crippen molar-refractivity contribution in [3.05, 3.63) is 42.0 Å². The summed E-state index contributed by atoms with van der Waals surface area (Å²) in [6.45, 7) is 0.650. The van der Waals surface area contributed by atoms with E-state index in [1.165, 1.54) is 30.3 Å². The first-order chi connectivity index (χ1) is 13.4. The van der Waals surface area contributed by atoms with Crippen LogP contribution in [0.4, 0.5) is 5.69 Å². The average molecular weight is 405 g/mol. The Bertz CT molecular complexity index is 1070. The Morgan fingerprint density at radius 3 is 2.54 bits per heavy atom. The van der Waals surface area contributed by atoms with Crippen molar-refractivity contribution in [2.24, 2.45) is 0 Å². The molecule has 10 nitrogen and oxygen atoms in total. The number of hydrogen-bond donors (Lipinski definition) is 3. The SMILES string of the molecule is O=C1COc2ccc(S(=O)(=O)NNC(=O)c3ccc4c(c3)OCCO4)cc2N1. The molecule has 0 atom stereocenters. The molecule has 146 valence electrons. The molecule has 2 aliphatic rings. The molecule has 0 saturated carbocycles. The van der Waals surface area contributed by atoms with Crippen molar-refractivity contribution in [2.45, 2.75) is 4.90 Å². The molecule has 28 heavy (non-hydrogen) atoms. The zero-order chi connectivity index (χ0) is 19.7. The second kappa shape index (κ2) is 7.02. The Hall–Kier alpha value is -3.31. The number of hydrogen-bond acceptors (Lipinski definition) is 7. The molecule has 0 bridgehead atoms. The number of benzene rings is 2. The molecule has 0 aliphatic carbocycles. The summed E-state index contributed by atoms with van der Waals surface area (Å²) in [6.07, 6.45) is 0. The van der Waals surface area contributed by atoms with Gasteiger partial charge in [0, 0.05) is 5.56 Å². The lowest BCUT2D eigenvalue weighted by Gasteiger charge is -2.19. The Balaban J connectivity index is 1.47. The van der Waals surface area contributed by atoms with E-state index < -0.39 is 15.9 Å². The summed E-state index contributed by atoms with van der Waals surface area (Å²) in [4.78, 5) is 25.5. The van der Waals surface area contributed by atoms with E-state index in [-0.39, 0.29) is 28.7 Å². The van der Waals surface area contributed by atoms with E-state index in [9.17, 15) is 18.0 Å². The number of hydrazine groups is 1. The van der Waals surface area contributed by atoms with Crippen LogP contribution in [-0.4, -0.2) is 40.1 Å². The Kier molecular flexibility index (Phi) is 4.53. The van der Waals surface area contributed by atoms with Gasteiger partial charge in [-0.05, 0) is 36.4 Å². The van der Waals surface area contributed by atoms with Gasteiger partial charge >= 0.3 is 0 Å². The van der Waals surface area contributed by atoms with Crippen LogP contribution in [-0.2, 0) is 14.8 Å². The Labute approximate surface area is 159 Å². The first-order valence-electron chi connectivity index (χ1n) is 8.21. The summed E-state index contributed by atoms with van der Waals surface area (Å²) in [7, 11) is -4.08. The predicted octanol–water partition coefficient (Wildman–Crippen LogP) is 0.412. The molecule has 0 unspecified atom stereocenters. The molecule has 2 heterocycles. The van der Waals surface area contributed by atoms with Gasteiger partial charge in [-0.2, -0.15) is 0 Å². The number of carbonyl (C=O) groups is 2. The normalized spacial score (nSPS) is 15.1. The van der Waals surface area contributed by atoms with Crippen LogP contribution >= 0.6 is 0 Å². The monoisotopic (exact) mass is 405 g/mol. The average Bonchev–Trinajstić information content (AvgIpc) is 2.71. The summed E-state index contributed by atoms with van der Waals surface area (Å²) in [6, 6.07) is 8.49. The van der Waals surface area contributed by atoms with Gasteiger partial charge in [-0.1, -0.05) is 0 Å². The molecule has 0 fully saturated rings. The van der Waals surface area contributed by atoms with E-state index in [2.05, 4.69) is 10.7 Å². The van der Waals surface area contributed by atoms with Crippen molar-refractivity contribution in [1.82, 2.24) is 10.3 Å². The number of sulfonamides is 1. The van der Waals surface area contributed by atoms with E-state index in [0.717, 1.165) is 0 Å². The van der Waals surface area contributed by atoms with Gasteiger partial charge < -0.3 is 19.5 Å². The molecule has 3 N–H and O–H groups in total. The third-order valence-electron chi connectivity index (χ3n) is 4.00. The van der Waals surface area contributed by atoms with Crippen LogP contribution in [0.2, 0.25) is 0 Å². The quantitative estimate of drug-likeness (QED) is 0.628. The minimum atomic E-state index is -4.08. The second-order valence-electron chi connectivity index (χ2n) is 5.91. The zero-order valence-electron chi connectivity index (χ0n) is 14.4. The third kappa shape index (κ3) is 3.57. The maximum Gasteiger partial charge on any atom is 0.266 e. The van der Waals surface area contributed by atoms with Crippen molar-refractivity contribution in [2.75, 3.05) is 25.1 Å². The molecule has 2 aliphatic heterocycles. The Morgan fingerprint density at radius 1 is 0.964 bits per heavy atom. The zero-order valence-corrected chi connectivity index (χ0v) is 15.2. The van der Waals surface area contributed by atoms with Crippen LogP contribution in [0.15, 0.2) is 41.3 Å². The van der Waals surface area contributed by atoms with Crippen molar-refractivity contribution < 1.29 is 32.2 Å². The van der Waals surface area contributed by atoms with Gasteiger partial charge in [0.1, 0.15) is 19.0 Å². The highest BCUT2D eigenvalue weighted by atomic mass is 32.2. The summed E-state index contributed by atoms with van der Waals surface area (Å²) in [5, 5.41) is 2.52. The van der Waals surface area contributed by atoms with Crippen LogP contribution in [0.5, 0.6) is 17.2 Å². The molecule has 4 rings (SSSR count). The molecule has 11 heteroatoms. The lowest BCUT2D eigenvalue weighted by molar-refractivity contribution is -0.118. The third-order valence-corrected chi connectivity index (χ3v) is 5.24. The van der Waals surface area contributed by atoms with Gasteiger partial charge in [0.2, 0.25) is 0 Å². The van der Waals surface area contributed by atoms with E-state index >= 15 is 0 Å². The van der Waals surface area contributed by atoms with Gasteiger partial charge in [0.25, 0.3) is 21.8 Å². The highest BCUT2D eigenvalue weighted by Crippen LogP contribution is 2.31. The molecular weight excluding hydrogens is 390 g/mol. The number of nitrogens with one attached hydrogen (secondary N) is 3. The molecule has 2 aromatic carbocycles. The number of anilines is 1. The largest absolute Gasteiger partial charge is 0.486 e. The van der Waals surface area contributed by atoms with Crippen molar-refractivity contribution in [1.29, 1.82) is 0 Å². The van der Waals surface area contributed by atoms with Crippen molar-refractivity contribution >= 4 is 27.5 Å². The number of fused-ring (bicyclic) bond motifs is 2. The molecule has 0 radical (unpaired) electrons. The lowest BCUT2D eigenvalue weighted by atomic mass is 10.2. The summed E-state index contributed by atoms with van der Waals surface area (Å²) >= 11 is 0. The number of ether oxygens (including phenoxy) is 3. The predicted molar refractivity (Wildman–Crippen MR) is 95.8 cm³/mol. The summed E-state index contributed by atoms with van der Waals surface area (Å²) < 4.78 is 40.8. The Morgan fingerprint density at radius 2 is 1.71 bits per heavy atom. The van der Waals surface area contributed by atoms with Gasteiger partial charge in [0.05, 0.1) is 10.6 Å². The van der Waals surface area contributed by atoms with Crippen LogP contribution in [0.1, 0.15) is 10.4 Å². The highest BCUT2D eigenvalue weighted by Gasteiger charge is 2.22. The van der Waals surface area contributed by atoms with Crippen LogP contribution in [0, 0.1) is 0 Å². The number of rotatable bonds is 4. The first-order valence-corrected chi connectivity index (χ1v) is 9.69. The fourth-order valence-corrected chi connectivity index (χ4v) is 3.52. The van der Waals surface area contributed by atoms with Crippen molar-refractivity contribution in [3.63, 3.8) is 0 Å². The van der Waals surface area contributed by atoms with Gasteiger partial charge in [0.15, 0.2) is 18.1 Å². The fraction of sp³-hybridized carbons (Fsp3) is 0.176. The molecule has 0 saturated heterocycles. The van der Waals surface area contributed by atoms with Crippen LogP contribution in [0.25, 0.3) is 0 Å². The standard InChI is InChI=1S/C17H15N3O7S/c21-16-9-27-13-4-2-11(8-12(13)18-16)28(23,24)20-19-17(22)10-1-3-14-15(7-10)26-6-5-25-14/h1-4,7-8,20H,5-6,9H2,(H,18,21)(H,19,22). The highest BCUT2D eigenvalue weighted by molar-refractivity contribution is 7.89. The van der Waals surface area contributed by atoms with Crippen LogP contribution in [0.3, 0.4) is 0 Å². The van der Waals surface area contributed by atoms with E-state index in [1.807, 2.05) is 4.83 Å². The maximum atomic E-state index is 12.4. The van der Waals surface area contributed by atoms with Gasteiger partial charge in [-0.15, -0.1) is 4.83 Å². The smallest absolute Gasteiger partial charge is 0.266 e. The maximum absolute atomic E-state index is 12.4. The van der Waals surface area contributed by atoms with E-state index in [4.69, 9.17) is 14.2 Å². The number of carbonyl (C=O) groups excluding carboxylic acids is 2. The topological polar surface area (TPSA) is 132 Å². The second-order valence-corrected chi connectivity index (χ2v) is 7.60. The van der Waals surface area contributed by atoms with Crippen molar-refractivity contribution in [3.8, 4) is 17.2 Å². The van der Waals surface area contributed by atoms with Crippen LogP contribution < -0.4 is 29.8 Å².